The molecular formula is C27H48N6O7. The van der Waals surface area contributed by atoms with Gasteiger partial charge in [-0.15, -0.1) is 0 Å². The molecule has 1 heterocycles. The molecule has 0 aliphatic rings. The quantitative estimate of drug-likeness (QED) is 0.189. The zero-order valence-corrected chi connectivity index (χ0v) is 24.4. The molecule has 228 valence electrons. The maximum Gasteiger partial charge on any atom is 0.406 e. The molecule has 0 saturated heterocycles. The number of alkyl carbamates (subject to hydrolysis) is 1. The minimum absolute atomic E-state index is 0.0695. The first kappa shape index (κ1) is 34.6. The molecule has 1 aromatic rings. The van der Waals surface area contributed by atoms with Gasteiger partial charge in [-0.1, -0.05) is 38.5 Å². The number of nitrogens with one attached hydrogen (secondary N) is 3. The number of rotatable bonds is 21. The van der Waals surface area contributed by atoms with E-state index in [2.05, 4.69) is 20.7 Å². The van der Waals surface area contributed by atoms with Gasteiger partial charge in [-0.05, 0) is 38.5 Å². The molecule has 0 fully saturated rings. The Bertz CT molecular complexity index is 1030. The third-order valence-electron chi connectivity index (χ3n) is 6.51. The summed E-state index contributed by atoms with van der Waals surface area (Å²) in [5.41, 5.74) is -1.73. The first-order valence-electron chi connectivity index (χ1n) is 14.4. The van der Waals surface area contributed by atoms with E-state index >= 15 is 0 Å². The van der Waals surface area contributed by atoms with Crippen LogP contribution < -0.4 is 33.0 Å². The fourth-order valence-electron chi connectivity index (χ4n) is 4.29. The van der Waals surface area contributed by atoms with E-state index in [0.29, 0.717) is 38.9 Å². The molecular weight excluding hydrogens is 520 g/mol. The second kappa shape index (κ2) is 20.5. The zero-order chi connectivity index (χ0) is 29.8. The molecule has 0 aliphatic heterocycles. The Morgan fingerprint density at radius 1 is 0.525 bits per heavy atom. The van der Waals surface area contributed by atoms with E-state index < -0.39 is 23.2 Å². The van der Waals surface area contributed by atoms with Crippen LogP contribution in [-0.4, -0.2) is 58.4 Å². The molecule has 0 radical (unpaired) electrons. The number of carbonyl (C=O) groups is 3. The summed E-state index contributed by atoms with van der Waals surface area (Å²) in [7, 11) is 1.31. The van der Waals surface area contributed by atoms with Gasteiger partial charge in [0.1, 0.15) is 0 Å². The van der Waals surface area contributed by atoms with Crippen molar-refractivity contribution >= 4 is 17.9 Å². The molecule has 0 aliphatic carbocycles. The Morgan fingerprint density at radius 3 is 1.12 bits per heavy atom. The van der Waals surface area contributed by atoms with Crippen molar-refractivity contribution in [3.05, 3.63) is 31.5 Å². The number of methoxy groups -OCH3 is 1. The monoisotopic (exact) mass is 568 g/mol. The first-order chi connectivity index (χ1) is 19.2. The van der Waals surface area contributed by atoms with E-state index in [0.717, 1.165) is 57.8 Å². The highest BCUT2D eigenvalue weighted by atomic mass is 16.5. The van der Waals surface area contributed by atoms with Gasteiger partial charge in [-0.3, -0.25) is 9.59 Å². The highest BCUT2D eigenvalue weighted by Gasteiger charge is 2.15. The Labute approximate surface area is 235 Å². The number of aromatic nitrogens is 3. The molecule has 0 atom stereocenters. The summed E-state index contributed by atoms with van der Waals surface area (Å²) in [6, 6.07) is 0. The standard InChI is InChI=1S/C27H48N6O7/c1-22(34)28-16-10-4-7-13-19-31-25(37)32(20-14-8-5-11-17-29-23(2)35)27(39)33(26(31)38)21-15-9-6-12-18-30-24(36)40-3/h4-21H2,1-3H3,(H,28,34)(H,29,35)(H,30,36). The third-order valence-corrected chi connectivity index (χ3v) is 6.51. The van der Waals surface area contributed by atoms with E-state index in [-0.39, 0.29) is 31.4 Å². The van der Waals surface area contributed by atoms with Gasteiger partial charge < -0.3 is 20.7 Å². The Kier molecular flexibility index (Phi) is 17.8. The third kappa shape index (κ3) is 14.1. The molecule has 0 saturated carbocycles. The van der Waals surface area contributed by atoms with Crippen LogP contribution in [-0.2, 0) is 34.0 Å². The Hall–Kier alpha value is -3.38. The van der Waals surface area contributed by atoms with Crippen molar-refractivity contribution in [3.8, 4) is 0 Å². The number of unbranched alkanes of at least 4 members (excludes halogenated alkanes) is 9. The van der Waals surface area contributed by atoms with E-state index in [1.807, 2.05) is 0 Å². The summed E-state index contributed by atoms with van der Waals surface area (Å²) in [6.45, 7) is 5.30. The highest BCUT2D eigenvalue weighted by Crippen LogP contribution is 2.03. The van der Waals surface area contributed by atoms with Crippen LogP contribution in [0.15, 0.2) is 14.4 Å². The molecule has 3 amide bonds. The summed E-state index contributed by atoms with van der Waals surface area (Å²) in [5, 5.41) is 8.11. The summed E-state index contributed by atoms with van der Waals surface area (Å²) in [6.07, 6.45) is 8.58. The second-order valence-electron chi connectivity index (χ2n) is 9.93. The van der Waals surface area contributed by atoms with Gasteiger partial charge in [0.05, 0.1) is 7.11 Å². The Balaban J connectivity index is 2.80. The molecule has 1 aromatic heterocycles. The SMILES string of the molecule is COC(=O)NCCCCCCn1c(=O)n(CCCCCCNC(C)=O)c(=O)n(CCCCCCNC(C)=O)c1=O. The number of hydrogen-bond acceptors (Lipinski definition) is 7. The predicted molar refractivity (Wildman–Crippen MR) is 152 cm³/mol. The summed E-state index contributed by atoms with van der Waals surface area (Å²) in [5.74, 6) is -0.139. The van der Waals surface area contributed by atoms with Gasteiger partial charge in [-0.25, -0.2) is 32.9 Å². The average Bonchev–Trinajstić information content (AvgIpc) is 2.91. The van der Waals surface area contributed by atoms with Crippen molar-refractivity contribution in [2.45, 2.75) is 111 Å². The summed E-state index contributed by atoms with van der Waals surface area (Å²) < 4.78 is 8.05. The maximum absolute atomic E-state index is 13.2. The van der Waals surface area contributed by atoms with Crippen LogP contribution in [0.2, 0.25) is 0 Å². The smallest absolute Gasteiger partial charge is 0.406 e. The minimum Gasteiger partial charge on any atom is -0.453 e. The largest absolute Gasteiger partial charge is 0.453 e. The number of amides is 3. The van der Waals surface area contributed by atoms with Crippen LogP contribution in [0.25, 0.3) is 0 Å². The lowest BCUT2D eigenvalue weighted by molar-refractivity contribution is -0.119. The van der Waals surface area contributed by atoms with E-state index in [1.54, 1.807) is 0 Å². The summed E-state index contributed by atoms with van der Waals surface area (Å²) in [4.78, 5) is 72.5. The molecule has 0 aromatic carbocycles. The van der Waals surface area contributed by atoms with Crippen molar-refractivity contribution in [2.75, 3.05) is 26.7 Å². The topological polar surface area (TPSA) is 163 Å². The van der Waals surface area contributed by atoms with Gasteiger partial charge in [-0.2, -0.15) is 0 Å². The number of nitrogens with zero attached hydrogens (tertiary/aromatic N) is 3. The van der Waals surface area contributed by atoms with Crippen LogP contribution in [0.5, 0.6) is 0 Å². The van der Waals surface area contributed by atoms with E-state index in [9.17, 15) is 28.8 Å². The lowest BCUT2D eigenvalue weighted by atomic mass is 10.2. The van der Waals surface area contributed by atoms with Crippen LogP contribution in [0.3, 0.4) is 0 Å². The van der Waals surface area contributed by atoms with Gasteiger partial charge >= 0.3 is 23.2 Å². The zero-order valence-electron chi connectivity index (χ0n) is 24.4. The maximum atomic E-state index is 13.2. The first-order valence-corrected chi connectivity index (χ1v) is 14.4. The average molecular weight is 569 g/mol. The van der Waals surface area contributed by atoms with Crippen molar-refractivity contribution in [1.29, 1.82) is 0 Å². The van der Waals surface area contributed by atoms with Crippen LogP contribution in [0.4, 0.5) is 4.79 Å². The van der Waals surface area contributed by atoms with Crippen molar-refractivity contribution < 1.29 is 19.1 Å². The normalized spacial score (nSPS) is 10.8. The lowest BCUT2D eigenvalue weighted by Gasteiger charge is -2.14. The number of hydrogen-bond donors (Lipinski definition) is 3. The molecule has 3 N–H and O–H groups in total. The molecule has 0 unspecified atom stereocenters. The van der Waals surface area contributed by atoms with E-state index in [4.69, 9.17) is 0 Å². The summed E-state index contributed by atoms with van der Waals surface area (Å²) >= 11 is 0. The molecule has 0 spiro atoms. The van der Waals surface area contributed by atoms with Gasteiger partial charge in [0.25, 0.3) is 0 Å². The molecule has 13 heteroatoms. The fourth-order valence-corrected chi connectivity index (χ4v) is 4.29. The van der Waals surface area contributed by atoms with Crippen molar-refractivity contribution in [1.82, 2.24) is 29.7 Å². The van der Waals surface area contributed by atoms with Gasteiger partial charge in [0.15, 0.2) is 0 Å². The van der Waals surface area contributed by atoms with Gasteiger partial charge in [0.2, 0.25) is 11.8 Å². The van der Waals surface area contributed by atoms with Crippen molar-refractivity contribution in [3.63, 3.8) is 0 Å². The van der Waals surface area contributed by atoms with Crippen LogP contribution >= 0.6 is 0 Å². The minimum atomic E-state index is -0.577. The molecule has 0 bridgehead atoms. The predicted octanol–water partition coefficient (Wildman–Crippen LogP) is 1.48. The lowest BCUT2D eigenvalue weighted by Crippen LogP contribution is -2.54. The number of carbonyl (C=O) groups excluding carboxylic acids is 3. The fraction of sp³-hybridized carbons (Fsp3) is 0.778. The highest BCUT2D eigenvalue weighted by molar-refractivity contribution is 5.73. The number of ether oxygens (including phenoxy) is 1. The second-order valence-corrected chi connectivity index (χ2v) is 9.93. The van der Waals surface area contributed by atoms with Crippen molar-refractivity contribution in [2.24, 2.45) is 0 Å². The molecule has 13 nitrogen and oxygen atoms in total. The van der Waals surface area contributed by atoms with Gasteiger partial charge in [0, 0.05) is 53.1 Å². The van der Waals surface area contributed by atoms with E-state index in [1.165, 1.54) is 34.7 Å². The van der Waals surface area contributed by atoms with Crippen LogP contribution in [0.1, 0.15) is 90.9 Å². The van der Waals surface area contributed by atoms with Crippen LogP contribution in [0, 0.1) is 0 Å². The Morgan fingerprint density at radius 2 is 0.825 bits per heavy atom. The molecule has 1 rings (SSSR count). The molecule has 40 heavy (non-hydrogen) atoms.